The molecule has 3 atom stereocenters. The summed E-state index contributed by atoms with van der Waals surface area (Å²) in [5, 5.41) is 23.5. The van der Waals surface area contributed by atoms with Crippen molar-refractivity contribution in [2.45, 2.75) is 94.5 Å². The molecule has 1 aromatic heterocycles. The number of fused-ring (bicyclic) bond motifs is 4. The number of nitrogens with one attached hydrogen (secondary N) is 2. The molecular weight excluding hydrogens is 793 g/mol. The minimum Gasteiger partial charge on any atom is -0.490 e. The maximum absolute atomic E-state index is 15.7. The Hall–Kier alpha value is -5.66. The Morgan fingerprint density at radius 2 is 1.65 bits per heavy atom. The van der Waals surface area contributed by atoms with Gasteiger partial charge in [0.1, 0.15) is 23.7 Å². The lowest BCUT2D eigenvalue weighted by Gasteiger charge is -2.53. The lowest BCUT2D eigenvalue weighted by molar-refractivity contribution is -0.136. The minimum absolute atomic E-state index is 0.00540. The Morgan fingerprint density at radius 3 is 2.32 bits per heavy atom. The highest BCUT2D eigenvalue weighted by Crippen LogP contribution is 2.39. The molecule has 6 aliphatic heterocycles. The number of ether oxygens (including phenoxy) is 1. The molecule has 1 saturated carbocycles. The van der Waals surface area contributed by atoms with E-state index in [1.54, 1.807) is 24.3 Å². The number of nitrogens with zero attached hydrogens (tertiary/aromatic N) is 7. The molecule has 10 rings (SSSR count). The van der Waals surface area contributed by atoms with Gasteiger partial charge in [-0.15, -0.1) is 10.2 Å². The van der Waals surface area contributed by atoms with Gasteiger partial charge in [-0.25, -0.2) is 4.39 Å². The predicted molar refractivity (Wildman–Crippen MR) is 216 cm³/mol. The fourth-order valence-electron chi connectivity index (χ4n) is 9.86. The van der Waals surface area contributed by atoms with Gasteiger partial charge in [0, 0.05) is 63.3 Å². The van der Waals surface area contributed by atoms with Crippen molar-refractivity contribution >= 4 is 52.6 Å². The Balaban J connectivity index is 0.736. The molecule has 3 aromatic rings. The predicted octanol–water partition coefficient (Wildman–Crippen LogP) is 4.23. The number of carbonyl (C=O) groups excluding carboxylic acids is 5. The van der Waals surface area contributed by atoms with Crippen molar-refractivity contribution in [1.82, 2.24) is 30.6 Å². The quantitative estimate of drug-likeness (QED) is 0.294. The Kier molecular flexibility index (Phi) is 10.9. The van der Waals surface area contributed by atoms with Crippen LogP contribution in [0.5, 0.6) is 5.75 Å². The number of halogens is 2. The first-order chi connectivity index (χ1) is 29.0. The summed E-state index contributed by atoms with van der Waals surface area (Å²) >= 11 is 6.15. The number of rotatable bonds is 9. The zero-order valence-corrected chi connectivity index (χ0v) is 33.7. The van der Waals surface area contributed by atoms with Crippen molar-refractivity contribution in [2.24, 2.45) is 5.92 Å². The second kappa shape index (κ2) is 16.4. The number of aromatic nitrogens is 2. The molecule has 2 bridgehead atoms. The molecule has 7 heterocycles. The Labute approximate surface area is 351 Å². The standard InChI is InChI=1S/C43H45ClFN9O6/c44-33-17-30(6-1-25(33)20-46)60-29-7-2-26(3-8-29)47-40(56)35-9-11-38(50-49-35)51-15-13-24(14-16-51)21-52-22-28-5-4-27(52)23-53(28)37-19-32-31(18-34(37)45)42(58)54(43(32)59)36-10-12-39(55)48-41(36)57/h1,6,9,11,17-19,24,26-29,36H,2-5,7-8,10,12-16,21-23H2,(H,47,56)(H,48,55,57). The summed E-state index contributed by atoms with van der Waals surface area (Å²) in [6.07, 6.45) is 7.00. The van der Waals surface area contributed by atoms with Crippen molar-refractivity contribution < 1.29 is 33.1 Å². The van der Waals surface area contributed by atoms with E-state index >= 15 is 4.39 Å². The molecule has 5 saturated heterocycles. The summed E-state index contributed by atoms with van der Waals surface area (Å²) in [7, 11) is 0. The van der Waals surface area contributed by atoms with Crippen LogP contribution >= 0.6 is 11.6 Å². The number of benzene rings is 2. The van der Waals surface area contributed by atoms with Gasteiger partial charge in [0.25, 0.3) is 17.7 Å². The number of amides is 5. The summed E-state index contributed by atoms with van der Waals surface area (Å²) in [6, 6.07) is 12.5. The number of piperidine rings is 4. The second-order valence-corrected chi connectivity index (χ2v) is 17.2. The molecule has 60 heavy (non-hydrogen) atoms. The summed E-state index contributed by atoms with van der Waals surface area (Å²) in [5.41, 5.74) is 1.02. The van der Waals surface area contributed by atoms with E-state index in [0.29, 0.717) is 34.5 Å². The van der Waals surface area contributed by atoms with Crippen molar-refractivity contribution in [3.63, 3.8) is 0 Å². The molecule has 17 heteroatoms. The number of hydrogen-bond donors (Lipinski definition) is 2. The first-order valence-electron chi connectivity index (χ1n) is 20.8. The van der Waals surface area contributed by atoms with Gasteiger partial charge in [-0.05, 0) is 100 Å². The van der Waals surface area contributed by atoms with E-state index in [4.69, 9.17) is 21.6 Å². The van der Waals surface area contributed by atoms with Crippen LogP contribution in [0.1, 0.15) is 101 Å². The van der Waals surface area contributed by atoms with Crippen LogP contribution in [0.25, 0.3) is 0 Å². The third kappa shape index (κ3) is 7.76. The van der Waals surface area contributed by atoms with Crippen LogP contribution in [0.15, 0.2) is 42.5 Å². The van der Waals surface area contributed by atoms with E-state index in [9.17, 15) is 24.0 Å². The number of piperazine rings is 1. The highest BCUT2D eigenvalue weighted by Gasteiger charge is 2.47. The van der Waals surface area contributed by atoms with Crippen LogP contribution in [0.2, 0.25) is 5.02 Å². The lowest BCUT2D eigenvalue weighted by atomic mass is 9.87. The molecule has 0 radical (unpaired) electrons. The normalized spacial score (nSPS) is 25.9. The molecule has 6 fully saturated rings. The minimum atomic E-state index is -1.10. The SMILES string of the molecule is N#Cc1ccc(OC2CCC(NC(=O)c3ccc(N4CCC(CN5CC6CCC5CN6c5cc6c(cc5F)C(=O)N(C5CCC(=O)NC5=O)C6=O)CC4)nn3)CC2)cc1Cl. The fraction of sp³-hybridized carbons (Fsp3) is 0.488. The molecule has 15 nitrogen and oxygen atoms in total. The number of anilines is 2. The first kappa shape index (κ1) is 39.8. The zero-order chi connectivity index (χ0) is 41.7. The number of nitriles is 1. The average molecular weight is 838 g/mol. The third-order valence-corrected chi connectivity index (χ3v) is 13.5. The van der Waals surface area contributed by atoms with E-state index in [0.717, 1.165) is 94.3 Å². The van der Waals surface area contributed by atoms with Crippen LogP contribution in [0.4, 0.5) is 15.9 Å². The second-order valence-electron chi connectivity index (χ2n) is 16.8. The Morgan fingerprint density at radius 1 is 0.900 bits per heavy atom. The van der Waals surface area contributed by atoms with Crippen LogP contribution in [0, 0.1) is 23.1 Å². The first-order valence-corrected chi connectivity index (χ1v) is 21.2. The van der Waals surface area contributed by atoms with Gasteiger partial charge in [0.2, 0.25) is 11.8 Å². The molecule has 312 valence electrons. The third-order valence-electron chi connectivity index (χ3n) is 13.1. The Bertz CT molecular complexity index is 2270. The molecule has 7 aliphatic rings. The van der Waals surface area contributed by atoms with Crippen LogP contribution in [0.3, 0.4) is 0 Å². The molecule has 5 amide bonds. The van der Waals surface area contributed by atoms with Gasteiger partial charge >= 0.3 is 0 Å². The van der Waals surface area contributed by atoms with Crippen molar-refractivity contribution in [1.29, 1.82) is 5.26 Å². The fourth-order valence-corrected chi connectivity index (χ4v) is 10.1. The van der Waals surface area contributed by atoms with Crippen LogP contribution in [-0.2, 0) is 9.59 Å². The van der Waals surface area contributed by atoms with Crippen LogP contribution < -0.4 is 25.2 Å². The summed E-state index contributed by atoms with van der Waals surface area (Å²) < 4.78 is 21.8. The molecule has 3 unspecified atom stereocenters. The van der Waals surface area contributed by atoms with Gasteiger partial charge in [-0.2, -0.15) is 5.26 Å². The number of imide groups is 2. The number of carbonyl (C=O) groups is 5. The molecular formula is C43H45ClFN9O6. The average Bonchev–Trinajstić information content (AvgIpc) is 3.49. The molecule has 2 aromatic carbocycles. The van der Waals surface area contributed by atoms with Gasteiger partial charge in [-0.3, -0.25) is 39.1 Å². The van der Waals surface area contributed by atoms with Gasteiger partial charge in [0.05, 0.1) is 33.5 Å². The highest BCUT2D eigenvalue weighted by atomic mass is 35.5. The maximum atomic E-state index is 15.7. The summed E-state index contributed by atoms with van der Waals surface area (Å²) in [4.78, 5) is 71.5. The maximum Gasteiger partial charge on any atom is 0.272 e. The number of hydrogen-bond acceptors (Lipinski definition) is 12. The van der Waals surface area contributed by atoms with E-state index in [1.807, 2.05) is 17.0 Å². The zero-order valence-electron chi connectivity index (χ0n) is 32.9. The van der Waals surface area contributed by atoms with E-state index in [-0.39, 0.29) is 59.8 Å². The molecule has 0 spiro atoms. The van der Waals surface area contributed by atoms with E-state index in [1.165, 1.54) is 6.07 Å². The summed E-state index contributed by atoms with van der Waals surface area (Å²) in [5.74, 6) is -1.46. The smallest absolute Gasteiger partial charge is 0.272 e. The van der Waals surface area contributed by atoms with Gasteiger partial charge < -0.3 is 19.9 Å². The van der Waals surface area contributed by atoms with Crippen molar-refractivity contribution in [3.05, 3.63) is 75.7 Å². The molecule has 2 N–H and O–H groups in total. The van der Waals surface area contributed by atoms with Crippen LogP contribution in [-0.4, -0.2) is 113 Å². The van der Waals surface area contributed by atoms with E-state index < -0.39 is 35.5 Å². The largest absolute Gasteiger partial charge is 0.490 e. The highest BCUT2D eigenvalue weighted by molar-refractivity contribution is 6.31. The van der Waals surface area contributed by atoms with E-state index in [2.05, 4.69) is 30.6 Å². The van der Waals surface area contributed by atoms with Crippen molar-refractivity contribution in [2.75, 3.05) is 42.5 Å². The van der Waals surface area contributed by atoms with Gasteiger partial charge in [-0.1, -0.05) is 11.6 Å². The van der Waals surface area contributed by atoms with Gasteiger partial charge in [0.15, 0.2) is 11.5 Å². The monoisotopic (exact) mass is 837 g/mol. The molecule has 1 aliphatic carbocycles. The topological polar surface area (TPSA) is 181 Å². The van der Waals surface area contributed by atoms with Crippen molar-refractivity contribution in [3.8, 4) is 11.8 Å². The summed E-state index contributed by atoms with van der Waals surface area (Å²) in [6.45, 7) is 3.96. The lowest BCUT2D eigenvalue weighted by Crippen LogP contribution is -2.63.